The molecule has 4 nitrogen and oxygen atoms in total. The van der Waals surface area contributed by atoms with Gasteiger partial charge in [-0.15, -0.1) is 0 Å². The van der Waals surface area contributed by atoms with E-state index in [1.807, 2.05) is 6.07 Å². The Morgan fingerprint density at radius 1 is 1.29 bits per heavy atom. The van der Waals surface area contributed by atoms with Crippen molar-refractivity contribution < 1.29 is 9.47 Å². The van der Waals surface area contributed by atoms with Crippen LogP contribution in [0.3, 0.4) is 0 Å². The van der Waals surface area contributed by atoms with E-state index >= 15 is 0 Å². The number of rotatable bonds is 5. The van der Waals surface area contributed by atoms with E-state index < -0.39 is 0 Å². The molecule has 3 rings (SSSR count). The third kappa shape index (κ3) is 3.33. The Bertz CT molecular complexity index is 478. The van der Waals surface area contributed by atoms with Crippen LogP contribution >= 0.6 is 0 Å². The van der Waals surface area contributed by atoms with Crippen LogP contribution in [0.4, 0.5) is 0 Å². The van der Waals surface area contributed by atoms with Gasteiger partial charge in [0.15, 0.2) is 11.5 Å². The SMILES string of the molecule is CCN1CCCC1CNC(C)c1ccc2c(c1)OCCO2. The summed E-state index contributed by atoms with van der Waals surface area (Å²) < 4.78 is 11.2. The van der Waals surface area contributed by atoms with Crippen molar-refractivity contribution in [3.05, 3.63) is 23.8 Å². The van der Waals surface area contributed by atoms with E-state index in [1.54, 1.807) is 0 Å². The molecule has 0 amide bonds. The summed E-state index contributed by atoms with van der Waals surface area (Å²) in [7, 11) is 0. The van der Waals surface area contributed by atoms with Gasteiger partial charge in [-0.25, -0.2) is 0 Å². The monoisotopic (exact) mass is 290 g/mol. The van der Waals surface area contributed by atoms with Crippen LogP contribution in [-0.2, 0) is 0 Å². The van der Waals surface area contributed by atoms with Crippen molar-refractivity contribution in [3.8, 4) is 11.5 Å². The van der Waals surface area contributed by atoms with E-state index in [1.165, 1.54) is 24.9 Å². The summed E-state index contributed by atoms with van der Waals surface area (Å²) >= 11 is 0. The lowest BCUT2D eigenvalue weighted by molar-refractivity contribution is 0.171. The summed E-state index contributed by atoms with van der Waals surface area (Å²) in [5.41, 5.74) is 1.26. The normalized spacial score (nSPS) is 23.2. The number of nitrogens with zero attached hydrogens (tertiary/aromatic N) is 1. The first-order valence-corrected chi connectivity index (χ1v) is 8.15. The van der Waals surface area contributed by atoms with Crippen molar-refractivity contribution in [2.45, 2.75) is 38.8 Å². The van der Waals surface area contributed by atoms with Crippen LogP contribution in [0.25, 0.3) is 0 Å². The maximum Gasteiger partial charge on any atom is 0.161 e. The van der Waals surface area contributed by atoms with E-state index in [0.29, 0.717) is 25.3 Å². The first-order chi connectivity index (χ1) is 10.3. The second-order valence-electron chi connectivity index (χ2n) is 5.96. The smallest absolute Gasteiger partial charge is 0.161 e. The molecular weight excluding hydrogens is 264 g/mol. The largest absolute Gasteiger partial charge is 0.486 e. The molecule has 21 heavy (non-hydrogen) atoms. The summed E-state index contributed by atoms with van der Waals surface area (Å²) in [6, 6.07) is 7.29. The maximum atomic E-state index is 5.67. The number of nitrogens with one attached hydrogen (secondary N) is 1. The van der Waals surface area contributed by atoms with Gasteiger partial charge in [0.2, 0.25) is 0 Å². The van der Waals surface area contributed by atoms with Gasteiger partial charge in [0.1, 0.15) is 13.2 Å². The van der Waals surface area contributed by atoms with Crippen LogP contribution < -0.4 is 14.8 Å². The minimum atomic E-state index is 0.333. The van der Waals surface area contributed by atoms with Gasteiger partial charge in [0.25, 0.3) is 0 Å². The van der Waals surface area contributed by atoms with Crippen molar-refractivity contribution in [2.24, 2.45) is 0 Å². The minimum absolute atomic E-state index is 0.333. The summed E-state index contributed by atoms with van der Waals surface area (Å²) in [4.78, 5) is 2.57. The molecule has 116 valence electrons. The van der Waals surface area contributed by atoms with E-state index in [-0.39, 0.29) is 0 Å². The lowest BCUT2D eigenvalue weighted by Crippen LogP contribution is -2.38. The zero-order chi connectivity index (χ0) is 14.7. The van der Waals surface area contributed by atoms with Crippen molar-refractivity contribution in [1.29, 1.82) is 0 Å². The van der Waals surface area contributed by atoms with Gasteiger partial charge < -0.3 is 14.8 Å². The number of likely N-dealkylation sites (N-methyl/N-ethyl adjacent to an activating group) is 1. The summed E-state index contributed by atoms with van der Waals surface area (Å²) in [6.45, 7) is 9.23. The van der Waals surface area contributed by atoms with Crippen LogP contribution in [0.2, 0.25) is 0 Å². The Labute approximate surface area is 127 Å². The van der Waals surface area contributed by atoms with E-state index in [4.69, 9.17) is 9.47 Å². The molecule has 1 aromatic rings. The predicted octanol–water partition coefficient (Wildman–Crippen LogP) is 2.59. The Balaban J connectivity index is 1.59. The Kier molecular flexibility index (Phi) is 4.66. The van der Waals surface area contributed by atoms with Crippen LogP contribution in [0.1, 0.15) is 38.3 Å². The average Bonchev–Trinajstić information content (AvgIpc) is 2.99. The van der Waals surface area contributed by atoms with Gasteiger partial charge in [0, 0.05) is 18.6 Å². The van der Waals surface area contributed by atoms with E-state index in [9.17, 15) is 0 Å². The molecule has 0 saturated carbocycles. The maximum absolute atomic E-state index is 5.67. The van der Waals surface area contributed by atoms with Gasteiger partial charge in [-0.05, 0) is 50.6 Å². The van der Waals surface area contributed by atoms with Crippen LogP contribution in [0.5, 0.6) is 11.5 Å². The zero-order valence-electron chi connectivity index (χ0n) is 13.1. The highest BCUT2D eigenvalue weighted by Crippen LogP contribution is 2.32. The lowest BCUT2D eigenvalue weighted by atomic mass is 10.1. The third-order valence-electron chi connectivity index (χ3n) is 4.63. The Hall–Kier alpha value is -1.26. The molecule has 1 saturated heterocycles. The summed E-state index contributed by atoms with van der Waals surface area (Å²) in [5.74, 6) is 1.74. The predicted molar refractivity (Wildman–Crippen MR) is 84.1 cm³/mol. The molecule has 0 radical (unpaired) electrons. The molecule has 0 bridgehead atoms. The topological polar surface area (TPSA) is 33.7 Å². The zero-order valence-corrected chi connectivity index (χ0v) is 13.1. The number of hydrogen-bond donors (Lipinski definition) is 1. The Morgan fingerprint density at radius 2 is 2.10 bits per heavy atom. The van der Waals surface area contributed by atoms with Crippen molar-refractivity contribution in [2.75, 3.05) is 32.8 Å². The fourth-order valence-corrected chi connectivity index (χ4v) is 3.30. The molecule has 1 fully saturated rings. The molecule has 1 aromatic carbocycles. The molecule has 2 aliphatic rings. The fourth-order valence-electron chi connectivity index (χ4n) is 3.30. The van der Waals surface area contributed by atoms with Gasteiger partial charge in [-0.2, -0.15) is 0 Å². The third-order valence-corrected chi connectivity index (χ3v) is 4.63. The molecule has 2 atom stereocenters. The average molecular weight is 290 g/mol. The molecule has 2 heterocycles. The lowest BCUT2D eigenvalue weighted by Gasteiger charge is -2.26. The molecule has 4 heteroatoms. The fraction of sp³-hybridized carbons (Fsp3) is 0.647. The van der Waals surface area contributed by atoms with Crippen molar-refractivity contribution in [3.63, 3.8) is 0 Å². The van der Waals surface area contributed by atoms with Crippen LogP contribution in [-0.4, -0.2) is 43.8 Å². The number of benzene rings is 1. The highest BCUT2D eigenvalue weighted by Gasteiger charge is 2.23. The Morgan fingerprint density at radius 3 is 2.90 bits per heavy atom. The first kappa shape index (κ1) is 14.7. The van der Waals surface area contributed by atoms with E-state index in [2.05, 4.69) is 36.2 Å². The van der Waals surface area contributed by atoms with E-state index in [0.717, 1.165) is 24.6 Å². The molecule has 0 spiro atoms. The second-order valence-corrected chi connectivity index (χ2v) is 5.96. The number of ether oxygens (including phenoxy) is 2. The van der Waals surface area contributed by atoms with Crippen molar-refractivity contribution >= 4 is 0 Å². The molecule has 0 aliphatic carbocycles. The second kappa shape index (κ2) is 6.67. The number of likely N-dealkylation sites (tertiary alicyclic amines) is 1. The molecule has 2 unspecified atom stereocenters. The number of fused-ring (bicyclic) bond motifs is 1. The quantitative estimate of drug-likeness (QED) is 0.904. The first-order valence-electron chi connectivity index (χ1n) is 8.15. The molecule has 0 aromatic heterocycles. The van der Waals surface area contributed by atoms with Crippen LogP contribution in [0, 0.1) is 0 Å². The molecule has 2 aliphatic heterocycles. The standard InChI is InChI=1S/C17H26N2O2/c1-3-19-8-4-5-15(19)12-18-13(2)14-6-7-16-17(11-14)21-10-9-20-16/h6-7,11,13,15,18H,3-5,8-10,12H2,1-2H3. The van der Waals surface area contributed by atoms with Gasteiger partial charge in [0.05, 0.1) is 0 Å². The van der Waals surface area contributed by atoms with Gasteiger partial charge >= 0.3 is 0 Å². The van der Waals surface area contributed by atoms with Gasteiger partial charge in [-0.1, -0.05) is 13.0 Å². The highest BCUT2D eigenvalue weighted by atomic mass is 16.6. The molecular formula is C17H26N2O2. The minimum Gasteiger partial charge on any atom is -0.486 e. The van der Waals surface area contributed by atoms with Crippen molar-refractivity contribution in [1.82, 2.24) is 10.2 Å². The van der Waals surface area contributed by atoms with Gasteiger partial charge in [-0.3, -0.25) is 4.90 Å². The summed E-state index contributed by atoms with van der Waals surface area (Å²) in [5, 5.41) is 3.67. The highest BCUT2D eigenvalue weighted by molar-refractivity contribution is 5.44. The molecule has 1 N–H and O–H groups in total. The van der Waals surface area contributed by atoms with Crippen LogP contribution in [0.15, 0.2) is 18.2 Å². The number of hydrogen-bond acceptors (Lipinski definition) is 4. The summed E-state index contributed by atoms with van der Waals surface area (Å²) in [6.07, 6.45) is 2.65.